The van der Waals surface area contributed by atoms with Gasteiger partial charge in [0.1, 0.15) is 5.75 Å². The van der Waals surface area contributed by atoms with Crippen LogP contribution in [0.25, 0.3) is 0 Å². The van der Waals surface area contributed by atoms with Gasteiger partial charge in [0.2, 0.25) is 0 Å². The van der Waals surface area contributed by atoms with Crippen molar-refractivity contribution in [1.82, 2.24) is 4.90 Å². The second-order valence-corrected chi connectivity index (χ2v) is 4.95. The van der Waals surface area contributed by atoms with Gasteiger partial charge in [-0.15, -0.1) is 0 Å². The number of nitrogens with one attached hydrogen (secondary N) is 1. The number of rotatable bonds is 2. The van der Waals surface area contributed by atoms with Crippen LogP contribution < -0.4 is 10.1 Å². The molecule has 5 nitrogen and oxygen atoms in total. The lowest BCUT2D eigenvalue weighted by Crippen LogP contribution is -2.44. The number of hydrogen-bond acceptors (Lipinski definition) is 3. The molecule has 1 atom stereocenters. The Balaban J connectivity index is 2.07. The molecule has 1 heterocycles. The summed E-state index contributed by atoms with van der Waals surface area (Å²) in [5.74, 6) is 0.551. The number of aliphatic hydroxyl groups is 1. The molecule has 0 bridgehead atoms. The summed E-state index contributed by atoms with van der Waals surface area (Å²) >= 11 is 5.91. The normalized spacial score (nSPS) is 19.1. The Kier molecular flexibility index (Phi) is 4.50. The van der Waals surface area contributed by atoms with Crippen LogP contribution in [0.1, 0.15) is 12.8 Å². The summed E-state index contributed by atoms with van der Waals surface area (Å²) < 4.78 is 5.17. The molecule has 6 heteroatoms. The number of carbonyl (C=O) groups excluding carboxylic acids is 1. The Morgan fingerprint density at radius 3 is 3.05 bits per heavy atom. The SMILES string of the molecule is COc1ccc(Cl)cc1NC(=O)N1CCCC(O)C1. The summed E-state index contributed by atoms with van der Waals surface area (Å²) in [6.45, 7) is 1.00. The molecule has 0 radical (unpaired) electrons. The number of likely N-dealkylation sites (tertiary alicyclic amines) is 1. The van der Waals surface area contributed by atoms with Crippen molar-refractivity contribution in [1.29, 1.82) is 0 Å². The molecule has 1 aromatic rings. The minimum Gasteiger partial charge on any atom is -0.495 e. The van der Waals surface area contributed by atoms with Crippen LogP contribution in [0.4, 0.5) is 10.5 Å². The van der Waals surface area contributed by atoms with Crippen LogP contribution in [-0.4, -0.2) is 42.3 Å². The van der Waals surface area contributed by atoms with E-state index in [0.29, 0.717) is 29.5 Å². The summed E-state index contributed by atoms with van der Waals surface area (Å²) in [4.78, 5) is 13.7. The number of anilines is 1. The Bertz CT molecular complexity index is 467. The van der Waals surface area contributed by atoms with Gasteiger partial charge < -0.3 is 20.1 Å². The fourth-order valence-corrected chi connectivity index (χ4v) is 2.28. The first-order chi connectivity index (χ1) is 9.10. The molecule has 1 aromatic carbocycles. The van der Waals surface area contributed by atoms with Crippen molar-refractivity contribution in [3.05, 3.63) is 23.2 Å². The average molecular weight is 285 g/mol. The third kappa shape index (κ3) is 3.52. The first-order valence-electron chi connectivity index (χ1n) is 6.17. The molecule has 2 rings (SSSR count). The molecule has 19 heavy (non-hydrogen) atoms. The smallest absolute Gasteiger partial charge is 0.322 e. The summed E-state index contributed by atoms with van der Waals surface area (Å²) in [7, 11) is 1.53. The Hall–Kier alpha value is -1.46. The maximum atomic E-state index is 12.1. The number of hydrogen-bond donors (Lipinski definition) is 2. The Morgan fingerprint density at radius 2 is 2.37 bits per heavy atom. The van der Waals surface area contributed by atoms with Gasteiger partial charge in [-0.05, 0) is 31.0 Å². The predicted molar refractivity (Wildman–Crippen MR) is 73.8 cm³/mol. The minimum absolute atomic E-state index is 0.251. The van der Waals surface area contributed by atoms with Gasteiger partial charge in [0.15, 0.2) is 0 Å². The number of carbonyl (C=O) groups is 1. The Labute approximate surface area is 117 Å². The second-order valence-electron chi connectivity index (χ2n) is 4.52. The van der Waals surface area contributed by atoms with Crippen molar-refractivity contribution in [2.45, 2.75) is 18.9 Å². The second kappa shape index (κ2) is 6.12. The van der Waals surface area contributed by atoms with Crippen molar-refractivity contribution < 1.29 is 14.6 Å². The van der Waals surface area contributed by atoms with Crippen LogP contribution in [0.3, 0.4) is 0 Å². The van der Waals surface area contributed by atoms with Crippen molar-refractivity contribution >= 4 is 23.3 Å². The zero-order valence-electron chi connectivity index (χ0n) is 10.7. The first-order valence-corrected chi connectivity index (χ1v) is 6.55. The highest BCUT2D eigenvalue weighted by Crippen LogP contribution is 2.28. The zero-order chi connectivity index (χ0) is 13.8. The molecule has 1 fully saturated rings. The molecule has 1 saturated heterocycles. The van der Waals surface area contributed by atoms with Gasteiger partial charge in [-0.1, -0.05) is 11.6 Å². The summed E-state index contributed by atoms with van der Waals surface area (Å²) in [5.41, 5.74) is 0.528. The number of piperidine rings is 1. The Morgan fingerprint density at radius 1 is 1.58 bits per heavy atom. The van der Waals surface area contributed by atoms with E-state index in [2.05, 4.69) is 5.32 Å². The van der Waals surface area contributed by atoms with E-state index in [0.717, 1.165) is 12.8 Å². The molecule has 0 saturated carbocycles. The molecular weight excluding hydrogens is 268 g/mol. The fraction of sp³-hybridized carbons (Fsp3) is 0.462. The molecule has 104 valence electrons. The molecule has 2 N–H and O–H groups in total. The van der Waals surface area contributed by atoms with E-state index in [1.807, 2.05) is 0 Å². The molecular formula is C13H17ClN2O3. The average Bonchev–Trinajstić information content (AvgIpc) is 2.39. The molecule has 1 aliphatic rings. The third-order valence-electron chi connectivity index (χ3n) is 3.09. The van der Waals surface area contributed by atoms with E-state index in [1.54, 1.807) is 23.1 Å². The number of ether oxygens (including phenoxy) is 1. The van der Waals surface area contributed by atoms with Gasteiger partial charge in [-0.2, -0.15) is 0 Å². The standard InChI is InChI=1S/C13H17ClN2O3/c1-19-12-5-4-9(14)7-11(12)15-13(18)16-6-2-3-10(17)8-16/h4-5,7,10,17H,2-3,6,8H2,1H3,(H,15,18). The predicted octanol–water partition coefficient (Wildman–Crippen LogP) is 2.34. The van der Waals surface area contributed by atoms with E-state index in [9.17, 15) is 9.90 Å². The summed E-state index contributed by atoms with van der Waals surface area (Å²) in [6, 6.07) is 4.78. The van der Waals surface area contributed by atoms with E-state index in [4.69, 9.17) is 16.3 Å². The highest BCUT2D eigenvalue weighted by atomic mass is 35.5. The summed E-state index contributed by atoms with van der Waals surface area (Å²) in [5, 5.41) is 12.9. The monoisotopic (exact) mass is 284 g/mol. The van der Waals surface area contributed by atoms with Crippen LogP contribution in [0.15, 0.2) is 18.2 Å². The zero-order valence-corrected chi connectivity index (χ0v) is 11.5. The fourth-order valence-electron chi connectivity index (χ4n) is 2.11. The number of methoxy groups -OCH3 is 1. The number of amides is 2. The largest absolute Gasteiger partial charge is 0.495 e. The lowest BCUT2D eigenvalue weighted by molar-refractivity contribution is 0.0883. The van der Waals surface area contributed by atoms with E-state index < -0.39 is 6.10 Å². The molecule has 0 aliphatic carbocycles. The quantitative estimate of drug-likeness (QED) is 0.876. The van der Waals surface area contributed by atoms with Crippen LogP contribution in [0, 0.1) is 0 Å². The van der Waals surface area contributed by atoms with E-state index in [-0.39, 0.29) is 6.03 Å². The molecule has 2 amide bonds. The number of β-amino-alcohol motifs (C(OH)–C–C–N with tert-alkyl or cyclic N) is 1. The number of urea groups is 1. The van der Waals surface area contributed by atoms with Crippen LogP contribution in [0.5, 0.6) is 5.75 Å². The summed E-state index contributed by atoms with van der Waals surface area (Å²) in [6.07, 6.45) is 1.10. The van der Waals surface area contributed by atoms with Crippen molar-refractivity contribution in [3.8, 4) is 5.75 Å². The van der Waals surface area contributed by atoms with Gasteiger partial charge in [0.25, 0.3) is 0 Å². The van der Waals surface area contributed by atoms with Crippen LogP contribution in [0.2, 0.25) is 5.02 Å². The minimum atomic E-state index is -0.444. The highest BCUT2D eigenvalue weighted by molar-refractivity contribution is 6.31. The third-order valence-corrected chi connectivity index (χ3v) is 3.32. The van der Waals surface area contributed by atoms with E-state index >= 15 is 0 Å². The topological polar surface area (TPSA) is 61.8 Å². The molecule has 1 aliphatic heterocycles. The molecule has 0 aromatic heterocycles. The lowest BCUT2D eigenvalue weighted by atomic mass is 10.1. The first kappa shape index (κ1) is 14.0. The highest BCUT2D eigenvalue weighted by Gasteiger charge is 2.22. The van der Waals surface area contributed by atoms with Crippen molar-refractivity contribution in [2.24, 2.45) is 0 Å². The number of aliphatic hydroxyl groups excluding tert-OH is 1. The lowest BCUT2D eigenvalue weighted by Gasteiger charge is -2.30. The maximum absolute atomic E-state index is 12.1. The van der Waals surface area contributed by atoms with Crippen LogP contribution in [-0.2, 0) is 0 Å². The van der Waals surface area contributed by atoms with Gasteiger partial charge in [-0.25, -0.2) is 4.79 Å². The number of halogens is 1. The number of nitrogens with zero attached hydrogens (tertiary/aromatic N) is 1. The van der Waals surface area contributed by atoms with Gasteiger partial charge in [0, 0.05) is 18.1 Å². The van der Waals surface area contributed by atoms with Gasteiger partial charge >= 0.3 is 6.03 Å². The maximum Gasteiger partial charge on any atom is 0.322 e. The molecule has 0 spiro atoms. The van der Waals surface area contributed by atoms with Crippen LogP contribution >= 0.6 is 11.6 Å². The van der Waals surface area contributed by atoms with Crippen molar-refractivity contribution in [2.75, 3.05) is 25.5 Å². The van der Waals surface area contributed by atoms with Gasteiger partial charge in [0.05, 0.1) is 18.9 Å². The molecule has 1 unspecified atom stereocenters. The van der Waals surface area contributed by atoms with E-state index in [1.165, 1.54) is 7.11 Å². The van der Waals surface area contributed by atoms with Crippen molar-refractivity contribution in [3.63, 3.8) is 0 Å². The number of benzene rings is 1. The van der Waals surface area contributed by atoms with Gasteiger partial charge in [-0.3, -0.25) is 0 Å².